The summed E-state index contributed by atoms with van der Waals surface area (Å²) < 4.78 is 99.3. The topological polar surface area (TPSA) is 444 Å². The second-order valence-corrected chi connectivity index (χ2v) is 20.3. The molecule has 73 heavy (non-hydrogen) atoms. The van der Waals surface area contributed by atoms with Gasteiger partial charge in [0.05, 0.1) is 19.3 Å². The van der Waals surface area contributed by atoms with Crippen molar-refractivity contribution in [1.82, 2.24) is 31.9 Å². The molecule has 0 saturated heterocycles. The molecule has 0 aromatic rings. The number of Topliss-reactive ketones (excluding diaryl/α,β-unsaturated/α-hetero) is 2. The number of hydrogen-bond donors (Lipinski definition) is 6. The summed E-state index contributed by atoms with van der Waals surface area (Å²) in [5, 5.41) is 11.3. The average Bonchev–Trinajstić information content (AvgIpc) is 3.33. The number of ketones is 2. The van der Waals surface area contributed by atoms with E-state index in [9.17, 15) is 82.8 Å². The molecule has 41 heteroatoms. The summed E-state index contributed by atoms with van der Waals surface area (Å²) in [6.07, 6.45) is -4.59. The maximum absolute atomic E-state index is 14.2. The van der Waals surface area contributed by atoms with Crippen LogP contribution in [0.25, 0.3) is 0 Å². The van der Waals surface area contributed by atoms with Crippen LogP contribution < -0.4 is 31.9 Å². The minimum Gasteiger partial charge on any atom is -0.542 e. The van der Waals surface area contributed by atoms with Gasteiger partial charge in [-0.25, -0.2) is 25.3 Å². The van der Waals surface area contributed by atoms with Crippen LogP contribution in [0.1, 0.15) is 52.4 Å². The average molecular weight is 1080 g/mol. The Labute approximate surface area is 425 Å². The Balaban J connectivity index is 3.94. The Bertz CT molecular complexity index is 2440. The van der Waals surface area contributed by atoms with Crippen LogP contribution in [0.5, 0.6) is 0 Å². The number of nitrogens with one attached hydrogen (secondary N) is 6. The Morgan fingerprint density at radius 3 is 0.945 bits per heavy atom. The second kappa shape index (κ2) is 29.8. The third kappa shape index (κ3) is 22.5. The van der Waals surface area contributed by atoms with Crippen LogP contribution in [0.2, 0.25) is 0 Å². The van der Waals surface area contributed by atoms with Crippen LogP contribution in [0.4, 0.5) is 0 Å². The highest BCUT2D eigenvalue weighted by Crippen LogP contribution is 2.35. The van der Waals surface area contributed by atoms with E-state index in [1.54, 1.807) is 10.6 Å². The molecule has 1 aliphatic rings. The van der Waals surface area contributed by atoms with Crippen molar-refractivity contribution >= 4 is 158 Å². The minimum absolute atomic E-state index is 0.0367. The van der Waals surface area contributed by atoms with Crippen LogP contribution in [0.3, 0.4) is 0 Å². The lowest BCUT2D eigenvalue weighted by Crippen LogP contribution is -2.59. The zero-order valence-corrected chi connectivity index (χ0v) is 40.5. The van der Waals surface area contributed by atoms with Crippen molar-refractivity contribution in [3.63, 3.8) is 0 Å². The molecule has 7 unspecified atom stereocenters. The van der Waals surface area contributed by atoms with Gasteiger partial charge in [-0.2, -0.15) is 0 Å². The van der Waals surface area contributed by atoms with E-state index in [0.717, 1.165) is 0 Å². The van der Waals surface area contributed by atoms with Gasteiger partial charge in [-0.05, 0) is 33.1 Å². The number of rotatable bonds is 30. The molecule has 1 fully saturated rings. The summed E-state index contributed by atoms with van der Waals surface area (Å²) in [6, 6.07) is -13.9. The molecule has 1 aliphatic carbocycles. The largest absolute Gasteiger partial charge is 0.542 e. The van der Waals surface area contributed by atoms with Gasteiger partial charge in [0.2, 0.25) is 35.4 Å². The van der Waals surface area contributed by atoms with Gasteiger partial charge in [-0.3, -0.25) is 57.5 Å². The molecule has 0 aromatic carbocycles. The number of hydrogen-bond acceptors (Lipinski definition) is 25. The van der Waals surface area contributed by atoms with Crippen molar-refractivity contribution < 1.29 is 114 Å². The lowest BCUT2D eigenvalue weighted by atomic mass is 9.72. The fourth-order valence-electron chi connectivity index (χ4n) is 6.52. The van der Waals surface area contributed by atoms with Crippen molar-refractivity contribution in [1.29, 1.82) is 0 Å². The summed E-state index contributed by atoms with van der Waals surface area (Å²) in [7, 11) is 19.0. The van der Waals surface area contributed by atoms with Crippen LogP contribution >= 0.6 is 0 Å². The summed E-state index contributed by atoms with van der Waals surface area (Å²) in [4.78, 5) is 156. The molecular formula is C32H39B7N6O25S3. The predicted molar refractivity (Wildman–Crippen MR) is 240 cm³/mol. The summed E-state index contributed by atoms with van der Waals surface area (Å²) in [5.41, 5.74) is 0. The van der Waals surface area contributed by atoms with Crippen LogP contribution in [-0.2, 0) is 119 Å². The van der Waals surface area contributed by atoms with Crippen molar-refractivity contribution in [2.75, 3.05) is 17.3 Å². The van der Waals surface area contributed by atoms with E-state index in [-0.39, 0.29) is 19.3 Å². The van der Waals surface area contributed by atoms with E-state index >= 15 is 0 Å². The molecule has 0 heterocycles. The van der Waals surface area contributed by atoms with Gasteiger partial charge in [0.25, 0.3) is 30.4 Å². The fraction of sp³-hybridized carbons (Fsp3) is 0.625. The summed E-state index contributed by atoms with van der Waals surface area (Å²) in [6.45, 7) is 2.36. The lowest BCUT2D eigenvalue weighted by Gasteiger charge is -2.33. The maximum Gasteiger partial charge on any atom is 0.378 e. The van der Waals surface area contributed by atoms with Crippen LogP contribution in [0, 0.1) is 17.8 Å². The minimum atomic E-state index is -4.86. The summed E-state index contributed by atoms with van der Waals surface area (Å²) in [5.74, 6) is -24.1. The SMILES string of the molecule is [B]OC(=O)C(CS(=O)(=O)O[B])NC(=O)CC(NC(=O)C1C[C@@H](C(C)=O)C[C@@H](C(C)=O)C1)C(=O)NC(CC(=O)NC(CS(=O)(=O)O[B])C(=O)O[B])C(=O)NC(CC(=O)NC(CS(=O)(=O)O[B])C(=O)O[B])C(=O)O[B]. The van der Waals surface area contributed by atoms with Gasteiger partial charge in [-0.1, -0.05) is 0 Å². The molecule has 1 rings (SSSR count). The normalized spacial score (nSPS) is 18.1. The molecule has 1 saturated carbocycles. The maximum atomic E-state index is 14.2. The van der Waals surface area contributed by atoms with E-state index in [1.807, 2.05) is 16.0 Å². The first kappa shape index (κ1) is 65.2. The van der Waals surface area contributed by atoms with Crippen LogP contribution in [0.15, 0.2) is 0 Å². The monoisotopic (exact) mass is 1080 g/mol. The third-order valence-electron chi connectivity index (χ3n) is 10.1. The van der Waals surface area contributed by atoms with Gasteiger partial charge in [-0.15, -0.1) is 0 Å². The van der Waals surface area contributed by atoms with Gasteiger partial charge >= 0.3 is 80.2 Å². The first-order valence-corrected chi connectivity index (χ1v) is 24.8. The molecule has 6 N–H and O–H groups in total. The second-order valence-electron chi connectivity index (χ2n) is 15.4. The van der Waals surface area contributed by atoms with E-state index in [0.29, 0.717) is 0 Å². The van der Waals surface area contributed by atoms with E-state index in [4.69, 9.17) is 40.2 Å². The standard InChI is InChI=1S/C32H39B7N6O25S3/c1-12(46)14-3-15(13(2)47)5-16(4-14)26(51)43-17(6-23(48)40-20(30(55)65-34)9-71(58,59)68-37)27(52)44-18(7-24(49)41-21(31(56)66-35)10-72(60,61)69-38)28(53)45-19(29(54)64-33)8-25(50)42-22(32(57)67-36)11-73(62,63)70-39/h14-22H,3-11H2,1-2H3,(H,40,48)(H,41,49)(H,42,50)(H,43,51)(H,44,52)(H,45,53)/t14-,15+,16?,17?,18?,19?,20?,21?,22?. The Hall–Kier alpha value is -5.78. The quantitative estimate of drug-likeness (QED) is 0.0364. The fourth-order valence-corrected chi connectivity index (χ4v) is 8.64. The smallest absolute Gasteiger partial charge is 0.378 e. The van der Waals surface area contributed by atoms with Gasteiger partial charge < -0.3 is 62.8 Å². The van der Waals surface area contributed by atoms with Crippen molar-refractivity contribution in [2.45, 2.75) is 88.6 Å². The number of amides is 6. The highest BCUT2D eigenvalue weighted by molar-refractivity contribution is 7.87. The molecule has 0 aromatic heterocycles. The van der Waals surface area contributed by atoms with Gasteiger partial charge in [0.15, 0.2) is 0 Å². The molecule has 14 radical (unpaired) electrons. The number of carbonyl (C=O) groups is 12. The molecule has 0 spiro atoms. The van der Waals surface area contributed by atoms with Gasteiger partial charge in [0.1, 0.15) is 65.1 Å². The highest BCUT2D eigenvalue weighted by atomic mass is 32.2. The van der Waals surface area contributed by atoms with Crippen molar-refractivity contribution in [2.24, 2.45) is 17.8 Å². The molecule has 31 nitrogen and oxygen atoms in total. The lowest BCUT2D eigenvalue weighted by molar-refractivity contribution is -0.143. The van der Waals surface area contributed by atoms with Crippen LogP contribution in [-0.4, -0.2) is 206 Å². The summed E-state index contributed by atoms with van der Waals surface area (Å²) >= 11 is 0. The Kier molecular flexibility index (Phi) is 26.6. The molecule has 9 atom stereocenters. The predicted octanol–water partition coefficient (Wildman–Crippen LogP) is -9.93. The Morgan fingerprint density at radius 2 is 0.658 bits per heavy atom. The van der Waals surface area contributed by atoms with Crippen molar-refractivity contribution in [3.8, 4) is 0 Å². The van der Waals surface area contributed by atoms with E-state index < -0.39 is 192 Å². The van der Waals surface area contributed by atoms with Gasteiger partial charge in [0, 0.05) is 17.8 Å². The Morgan fingerprint density at radius 1 is 0.397 bits per heavy atom. The van der Waals surface area contributed by atoms with E-state index in [1.165, 1.54) is 13.8 Å². The first-order chi connectivity index (χ1) is 33.8. The zero-order chi connectivity index (χ0) is 56.2. The molecule has 386 valence electrons. The molecule has 6 amide bonds. The van der Waals surface area contributed by atoms with E-state index in [2.05, 4.69) is 52.3 Å². The highest BCUT2D eigenvalue weighted by Gasteiger charge is 2.40. The third-order valence-corrected chi connectivity index (χ3v) is 13.2. The van der Waals surface area contributed by atoms with Crippen molar-refractivity contribution in [3.05, 3.63) is 0 Å². The molecule has 0 bridgehead atoms. The zero-order valence-electron chi connectivity index (χ0n) is 38.0. The molecule has 0 aliphatic heterocycles. The molecular weight excluding hydrogens is 1040 g/mol. The first-order valence-electron chi connectivity index (χ1n) is 20.1. The number of carbonyl (C=O) groups excluding carboxylic acids is 12.